The average molecular weight is 150 g/mol. The fraction of sp³-hybridized carbons (Fsp3) is 0.200. The molecule has 0 saturated heterocycles. The van der Waals surface area contributed by atoms with Gasteiger partial charge in [-0.15, -0.1) is 13.2 Å². The van der Waals surface area contributed by atoms with Gasteiger partial charge in [-0.25, -0.2) is 0 Å². The molecule has 1 N–H and O–H groups in total. The fourth-order valence-corrected chi connectivity index (χ4v) is 0.732. The first-order valence-electron chi connectivity index (χ1n) is 3.53. The summed E-state index contributed by atoms with van der Waals surface area (Å²) in [6, 6.07) is 9.59. The largest absolute Gasteiger partial charge is 0.389 e. The highest BCUT2D eigenvalue weighted by Gasteiger charge is 1.95. The van der Waals surface area contributed by atoms with Gasteiger partial charge in [0, 0.05) is 0 Å². The zero-order chi connectivity index (χ0) is 8.69. The number of rotatable bonds is 1. The lowest BCUT2D eigenvalue weighted by Crippen LogP contribution is -1.87. The Morgan fingerprint density at radius 2 is 1.64 bits per heavy atom. The van der Waals surface area contributed by atoms with Gasteiger partial charge in [0.15, 0.2) is 0 Å². The van der Waals surface area contributed by atoms with Crippen LogP contribution in [-0.4, -0.2) is 5.11 Å². The van der Waals surface area contributed by atoms with Crippen LogP contribution in [0.4, 0.5) is 0 Å². The van der Waals surface area contributed by atoms with E-state index in [1.807, 2.05) is 30.3 Å². The zero-order valence-electron chi connectivity index (χ0n) is 6.83. The van der Waals surface area contributed by atoms with Crippen LogP contribution in [-0.2, 0) is 0 Å². The zero-order valence-corrected chi connectivity index (χ0v) is 6.83. The summed E-state index contributed by atoms with van der Waals surface area (Å²) in [5, 5.41) is 9.02. The molecule has 60 valence electrons. The van der Waals surface area contributed by atoms with Crippen molar-refractivity contribution in [3.8, 4) is 0 Å². The van der Waals surface area contributed by atoms with Crippen molar-refractivity contribution in [3.05, 3.63) is 49.1 Å². The van der Waals surface area contributed by atoms with Gasteiger partial charge >= 0.3 is 0 Å². The molecule has 0 saturated carbocycles. The summed E-state index contributed by atoms with van der Waals surface area (Å²) in [5.41, 5.74) is 0.970. The van der Waals surface area contributed by atoms with E-state index in [-0.39, 0.29) is 6.10 Å². The second kappa shape index (κ2) is 5.69. The molecule has 1 nitrogen and oxygen atoms in total. The van der Waals surface area contributed by atoms with Gasteiger partial charge in [0.2, 0.25) is 0 Å². The lowest BCUT2D eigenvalue weighted by molar-refractivity contribution is 0.199. The number of aliphatic hydroxyl groups excluding tert-OH is 1. The van der Waals surface area contributed by atoms with Crippen molar-refractivity contribution in [3.63, 3.8) is 0 Å². The van der Waals surface area contributed by atoms with Crippen molar-refractivity contribution in [2.24, 2.45) is 0 Å². The molecule has 0 aromatic heterocycles. The topological polar surface area (TPSA) is 20.2 Å². The fourth-order valence-electron chi connectivity index (χ4n) is 0.732. The van der Waals surface area contributed by atoms with Crippen molar-refractivity contribution in [2.75, 3.05) is 0 Å². The van der Waals surface area contributed by atoms with E-state index >= 15 is 0 Å². The third-order valence-corrected chi connectivity index (χ3v) is 1.28. The maximum atomic E-state index is 9.02. The highest BCUT2D eigenvalue weighted by Crippen LogP contribution is 2.08. The first kappa shape index (κ1) is 9.92. The van der Waals surface area contributed by atoms with Crippen LogP contribution in [0.15, 0.2) is 43.5 Å². The summed E-state index contributed by atoms with van der Waals surface area (Å²) in [6.45, 7) is 7.76. The normalized spacial score (nSPS) is 11.1. The minimum Gasteiger partial charge on any atom is -0.389 e. The maximum absolute atomic E-state index is 9.02. The number of hydrogen-bond donors (Lipinski definition) is 1. The lowest BCUT2D eigenvalue weighted by atomic mass is 10.1. The average Bonchev–Trinajstić information content (AvgIpc) is 2.10. The van der Waals surface area contributed by atoms with Gasteiger partial charge in [0.1, 0.15) is 0 Å². The Morgan fingerprint density at radius 3 is 1.91 bits per heavy atom. The van der Waals surface area contributed by atoms with Crippen LogP contribution in [0, 0.1) is 0 Å². The quantitative estimate of drug-likeness (QED) is 0.610. The summed E-state index contributed by atoms with van der Waals surface area (Å²) in [5.74, 6) is 0. The lowest BCUT2D eigenvalue weighted by Gasteiger charge is -2.00. The molecule has 0 aliphatic heterocycles. The molecule has 0 radical (unpaired) electrons. The second-order valence-electron chi connectivity index (χ2n) is 2.09. The van der Waals surface area contributed by atoms with Crippen molar-refractivity contribution < 1.29 is 5.11 Å². The van der Waals surface area contributed by atoms with Crippen molar-refractivity contribution in [1.82, 2.24) is 0 Å². The Morgan fingerprint density at radius 1 is 1.18 bits per heavy atom. The molecule has 0 aliphatic rings. The van der Waals surface area contributed by atoms with Crippen LogP contribution in [0.25, 0.3) is 0 Å². The van der Waals surface area contributed by atoms with E-state index in [0.717, 1.165) is 5.56 Å². The predicted octanol–water partition coefficient (Wildman–Crippen LogP) is 2.54. The van der Waals surface area contributed by atoms with E-state index in [1.54, 1.807) is 6.92 Å². The Hall–Kier alpha value is -1.08. The van der Waals surface area contributed by atoms with Gasteiger partial charge in [-0.05, 0) is 12.5 Å². The molecule has 0 heterocycles. The highest BCUT2D eigenvalue weighted by molar-refractivity contribution is 5.16. The highest BCUT2D eigenvalue weighted by atomic mass is 16.3. The maximum Gasteiger partial charge on any atom is 0.0761 e. The third-order valence-electron chi connectivity index (χ3n) is 1.28. The first-order chi connectivity index (χ1) is 5.30. The summed E-state index contributed by atoms with van der Waals surface area (Å²) in [6.07, 6.45) is -0.341. The van der Waals surface area contributed by atoms with Gasteiger partial charge in [-0.3, -0.25) is 0 Å². The van der Waals surface area contributed by atoms with Gasteiger partial charge in [0.25, 0.3) is 0 Å². The SMILES string of the molecule is C=C.CC(O)c1ccccc1. The number of benzene rings is 1. The minimum atomic E-state index is -0.341. The Balaban J connectivity index is 0.000000461. The van der Waals surface area contributed by atoms with Crippen molar-refractivity contribution in [2.45, 2.75) is 13.0 Å². The van der Waals surface area contributed by atoms with E-state index < -0.39 is 0 Å². The molecule has 1 rings (SSSR count). The molecule has 0 fully saturated rings. The van der Waals surface area contributed by atoms with Crippen LogP contribution >= 0.6 is 0 Å². The summed E-state index contributed by atoms with van der Waals surface area (Å²) >= 11 is 0. The summed E-state index contributed by atoms with van der Waals surface area (Å²) in [7, 11) is 0. The van der Waals surface area contributed by atoms with Crippen LogP contribution < -0.4 is 0 Å². The molecule has 0 spiro atoms. The molecular weight excluding hydrogens is 136 g/mol. The minimum absolute atomic E-state index is 0.341. The van der Waals surface area contributed by atoms with Gasteiger partial charge in [0.05, 0.1) is 6.10 Å². The molecular formula is C10H14O. The van der Waals surface area contributed by atoms with Gasteiger partial charge in [-0.1, -0.05) is 30.3 Å². The molecule has 1 aromatic carbocycles. The van der Waals surface area contributed by atoms with E-state index in [0.29, 0.717) is 0 Å². The number of aliphatic hydroxyl groups is 1. The van der Waals surface area contributed by atoms with Gasteiger partial charge in [-0.2, -0.15) is 0 Å². The van der Waals surface area contributed by atoms with Crippen molar-refractivity contribution in [1.29, 1.82) is 0 Å². The summed E-state index contributed by atoms with van der Waals surface area (Å²) in [4.78, 5) is 0. The van der Waals surface area contributed by atoms with Crippen molar-refractivity contribution >= 4 is 0 Å². The van der Waals surface area contributed by atoms with E-state index in [9.17, 15) is 0 Å². The van der Waals surface area contributed by atoms with E-state index in [1.165, 1.54) is 0 Å². The van der Waals surface area contributed by atoms with Crippen LogP contribution in [0.5, 0.6) is 0 Å². The second-order valence-corrected chi connectivity index (χ2v) is 2.09. The predicted molar refractivity (Wildman–Crippen MR) is 48.3 cm³/mol. The Bertz CT molecular complexity index is 179. The monoisotopic (exact) mass is 150 g/mol. The standard InChI is InChI=1S/C8H10O.C2H4/c1-7(9)8-5-3-2-4-6-8;1-2/h2-7,9H,1H3;1-2H2. The molecule has 1 unspecified atom stereocenters. The molecule has 11 heavy (non-hydrogen) atoms. The summed E-state index contributed by atoms with van der Waals surface area (Å²) < 4.78 is 0. The van der Waals surface area contributed by atoms with E-state index in [4.69, 9.17) is 5.11 Å². The molecule has 1 aromatic rings. The van der Waals surface area contributed by atoms with Gasteiger partial charge < -0.3 is 5.11 Å². The molecule has 1 heteroatoms. The molecule has 0 aliphatic carbocycles. The molecule has 1 atom stereocenters. The van der Waals surface area contributed by atoms with Crippen LogP contribution in [0.2, 0.25) is 0 Å². The molecule has 0 amide bonds. The van der Waals surface area contributed by atoms with E-state index in [2.05, 4.69) is 13.2 Å². The number of hydrogen-bond acceptors (Lipinski definition) is 1. The Kier molecular flexibility index (Phi) is 5.13. The van der Waals surface area contributed by atoms with Crippen LogP contribution in [0.1, 0.15) is 18.6 Å². The van der Waals surface area contributed by atoms with Crippen LogP contribution in [0.3, 0.4) is 0 Å². The third kappa shape index (κ3) is 3.58. The molecule has 0 bridgehead atoms. The first-order valence-corrected chi connectivity index (χ1v) is 3.53. The Labute approximate surface area is 68.0 Å². The smallest absolute Gasteiger partial charge is 0.0761 e.